The number of benzene rings is 2. The number of fused-ring (bicyclic) bond motifs is 1. The maximum atomic E-state index is 13.9. The van der Waals surface area contributed by atoms with Crippen molar-refractivity contribution in [3.05, 3.63) is 83.4 Å². The number of nitrogens with zero attached hydrogens (tertiary/aromatic N) is 2. The molecular formula is C32H39N3O4. The molecule has 0 bridgehead atoms. The van der Waals surface area contributed by atoms with E-state index in [1.165, 1.54) is 4.90 Å². The molecule has 1 saturated heterocycles. The predicted molar refractivity (Wildman–Crippen MR) is 150 cm³/mol. The molecule has 4 rings (SSSR count). The first-order chi connectivity index (χ1) is 18.8. The fraction of sp³-hybridized carbons (Fsp3) is 0.438. The third-order valence-electron chi connectivity index (χ3n) is 7.89. The number of hydrogen-bond donors (Lipinski definition) is 1. The van der Waals surface area contributed by atoms with Gasteiger partial charge in [-0.15, -0.1) is 0 Å². The van der Waals surface area contributed by atoms with Gasteiger partial charge in [0, 0.05) is 32.0 Å². The second-order valence-electron chi connectivity index (χ2n) is 10.8. The van der Waals surface area contributed by atoms with Crippen LogP contribution in [0.3, 0.4) is 0 Å². The van der Waals surface area contributed by atoms with Crippen LogP contribution in [0.25, 0.3) is 0 Å². The highest BCUT2D eigenvalue weighted by molar-refractivity contribution is 6.05. The van der Waals surface area contributed by atoms with Crippen LogP contribution in [0.2, 0.25) is 0 Å². The van der Waals surface area contributed by atoms with Crippen molar-refractivity contribution in [1.82, 2.24) is 15.1 Å². The molecule has 1 aliphatic heterocycles. The highest BCUT2D eigenvalue weighted by Crippen LogP contribution is 2.35. The first-order valence-electron chi connectivity index (χ1n) is 14.0. The van der Waals surface area contributed by atoms with Crippen LogP contribution in [0, 0.1) is 18.8 Å². The predicted octanol–water partition coefficient (Wildman–Crippen LogP) is 4.19. The van der Waals surface area contributed by atoms with E-state index in [0.29, 0.717) is 19.3 Å². The number of aryl methyl sites for hydroxylation is 1. The zero-order valence-electron chi connectivity index (χ0n) is 23.1. The summed E-state index contributed by atoms with van der Waals surface area (Å²) >= 11 is 0. The molecule has 1 N–H and O–H groups in total. The molecule has 2 aromatic rings. The van der Waals surface area contributed by atoms with Gasteiger partial charge in [0.25, 0.3) is 0 Å². The minimum absolute atomic E-state index is 0.0267. The monoisotopic (exact) mass is 529 g/mol. The molecule has 0 spiro atoms. The summed E-state index contributed by atoms with van der Waals surface area (Å²) < 4.78 is 0. The van der Waals surface area contributed by atoms with E-state index in [2.05, 4.69) is 5.32 Å². The summed E-state index contributed by atoms with van der Waals surface area (Å²) in [5, 5.41) is 3.07. The van der Waals surface area contributed by atoms with Crippen LogP contribution in [0.1, 0.15) is 56.2 Å². The highest BCUT2D eigenvalue weighted by Gasteiger charge is 2.47. The minimum Gasteiger partial charge on any atom is -0.352 e. The lowest BCUT2D eigenvalue weighted by atomic mass is 9.85. The zero-order chi connectivity index (χ0) is 27.9. The molecule has 2 aliphatic rings. The maximum Gasteiger partial charge on any atom is 0.243 e. The molecule has 1 aliphatic carbocycles. The molecule has 2 unspecified atom stereocenters. The van der Waals surface area contributed by atoms with Gasteiger partial charge in [-0.2, -0.15) is 0 Å². The lowest BCUT2D eigenvalue weighted by Gasteiger charge is -2.33. The molecule has 0 radical (unpaired) electrons. The first-order valence-corrected chi connectivity index (χ1v) is 14.0. The van der Waals surface area contributed by atoms with Gasteiger partial charge in [0.15, 0.2) is 0 Å². The third-order valence-corrected chi connectivity index (χ3v) is 7.89. The van der Waals surface area contributed by atoms with Gasteiger partial charge in [-0.05, 0) is 44.2 Å². The van der Waals surface area contributed by atoms with Crippen LogP contribution in [0.15, 0.2) is 66.7 Å². The number of nitrogens with one attached hydrogen (secondary N) is 1. The summed E-state index contributed by atoms with van der Waals surface area (Å²) in [5.41, 5.74) is 2.97. The lowest BCUT2D eigenvalue weighted by molar-refractivity contribution is -0.144. The zero-order valence-corrected chi connectivity index (χ0v) is 23.1. The number of imide groups is 1. The molecule has 0 saturated carbocycles. The number of rotatable bonds is 11. The molecule has 0 aromatic heterocycles. The summed E-state index contributed by atoms with van der Waals surface area (Å²) in [4.78, 5) is 56.3. The van der Waals surface area contributed by atoms with Crippen LogP contribution < -0.4 is 5.32 Å². The second kappa shape index (κ2) is 12.9. The van der Waals surface area contributed by atoms with E-state index in [9.17, 15) is 19.2 Å². The Bertz CT molecular complexity index is 1180. The molecule has 2 aromatic carbocycles. The van der Waals surface area contributed by atoms with Crippen LogP contribution in [0.5, 0.6) is 0 Å². The van der Waals surface area contributed by atoms with Gasteiger partial charge in [0.2, 0.25) is 23.6 Å². The van der Waals surface area contributed by atoms with Crippen molar-refractivity contribution >= 4 is 23.6 Å². The molecule has 1 heterocycles. The summed E-state index contributed by atoms with van der Waals surface area (Å²) in [5.74, 6) is -1.50. The van der Waals surface area contributed by atoms with E-state index in [1.54, 1.807) is 4.90 Å². The Kier molecular flexibility index (Phi) is 9.33. The van der Waals surface area contributed by atoms with Crippen LogP contribution in [-0.4, -0.2) is 52.1 Å². The van der Waals surface area contributed by atoms with Crippen molar-refractivity contribution in [3.8, 4) is 0 Å². The van der Waals surface area contributed by atoms with Gasteiger partial charge in [0.1, 0.15) is 6.04 Å². The van der Waals surface area contributed by atoms with E-state index in [4.69, 9.17) is 0 Å². The van der Waals surface area contributed by atoms with Gasteiger partial charge in [0.05, 0.1) is 11.8 Å². The topological polar surface area (TPSA) is 86.8 Å². The Morgan fingerprint density at radius 2 is 1.56 bits per heavy atom. The number of carbonyl (C=O) groups is 4. The number of hydrogen-bond acceptors (Lipinski definition) is 4. The Balaban J connectivity index is 1.58. The summed E-state index contributed by atoms with van der Waals surface area (Å²) in [6, 6.07) is 16.8. The van der Waals surface area contributed by atoms with Gasteiger partial charge in [-0.1, -0.05) is 79.2 Å². The van der Waals surface area contributed by atoms with Crippen LogP contribution in [-0.2, 0) is 32.1 Å². The van der Waals surface area contributed by atoms with Crippen molar-refractivity contribution < 1.29 is 19.2 Å². The largest absolute Gasteiger partial charge is 0.352 e. The van der Waals surface area contributed by atoms with Crippen molar-refractivity contribution in [2.24, 2.45) is 11.8 Å². The second-order valence-corrected chi connectivity index (χ2v) is 10.8. The molecule has 39 heavy (non-hydrogen) atoms. The molecule has 7 heteroatoms. The number of carbonyl (C=O) groups excluding carboxylic acids is 4. The molecule has 7 nitrogen and oxygen atoms in total. The van der Waals surface area contributed by atoms with Crippen LogP contribution in [0.4, 0.5) is 0 Å². The van der Waals surface area contributed by atoms with Gasteiger partial charge in [-0.25, -0.2) is 0 Å². The highest BCUT2D eigenvalue weighted by atomic mass is 16.2. The normalized spacial score (nSPS) is 19.9. The quantitative estimate of drug-likeness (QED) is 0.349. The van der Waals surface area contributed by atoms with Crippen molar-refractivity contribution in [1.29, 1.82) is 0 Å². The molecule has 1 fully saturated rings. The molecule has 4 amide bonds. The molecular weight excluding hydrogens is 490 g/mol. The van der Waals surface area contributed by atoms with Crippen molar-refractivity contribution in [3.63, 3.8) is 0 Å². The number of allylic oxidation sites excluding steroid dienone is 2. The van der Waals surface area contributed by atoms with E-state index in [0.717, 1.165) is 23.1 Å². The van der Waals surface area contributed by atoms with Crippen molar-refractivity contribution in [2.75, 3.05) is 6.54 Å². The lowest BCUT2D eigenvalue weighted by Crippen LogP contribution is -2.52. The summed E-state index contributed by atoms with van der Waals surface area (Å²) in [7, 11) is 0. The Labute approximate surface area is 231 Å². The van der Waals surface area contributed by atoms with Crippen LogP contribution >= 0.6 is 0 Å². The maximum absolute atomic E-state index is 13.9. The molecule has 206 valence electrons. The SMILES string of the molecule is CCC(C)NC(=O)C(Cc1ccccc1)N(Cc1ccc(C)cc1)C(=O)CCN1C(=O)[C@H]2CC=CC[C@H]2C1=O. The Morgan fingerprint density at radius 3 is 2.15 bits per heavy atom. The first kappa shape index (κ1) is 28.3. The fourth-order valence-electron chi connectivity index (χ4n) is 5.33. The fourth-order valence-corrected chi connectivity index (χ4v) is 5.33. The van der Waals surface area contributed by atoms with Gasteiger partial charge < -0.3 is 10.2 Å². The van der Waals surface area contributed by atoms with E-state index >= 15 is 0 Å². The Morgan fingerprint density at radius 1 is 0.949 bits per heavy atom. The van der Waals surface area contributed by atoms with Gasteiger partial charge in [-0.3, -0.25) is 24.1 Å². The summed E-state index contributed by atoms with van der Waals surface area (Å²) in [6.45, 7) is 6.23. The van der Waals surface area contributed by atoms with E-state index < -0.39 is 6.04 Å². The smallest absolute Gasteiger partial charge is 0.243 e. The molecule has 4 atom stereocenters. The number of likely N-dealkylation sites (tertiary alicyclic amines) is 1. The third kappa shape index (κ3) is 6.83. The minimum atomic E-state index is -0.744. The average molecular weight is 530 g/mol. The van der Waals surface area contributed by atoms with Crippen molar-refractivity contribution in [2.45, 2.75) is 71.5 Å². The van der Waals surface area contributed by atoms with E-state index in [-0.39, 0.29) is 61.0 Å². The van der Waals surface area contributed by atoms with E-state index in [1.807, 2.05) is 87.5 Å². The summed E-state index contributed by atoms with van der Waals surface area (Å²) in [6.07, 6.45) is 6.13. The van der Waals surface area contributed by atoms with Gasteiger partial charge >= 0.3 is 0 Å². The standard InChI is InChI=1S/C32H39N3O4/c1-4-23(3)33-30(37)28(20-24-10-6-5-7-11-24)35(21-25-16-14-22(2)15-17-25)29(36)18-19-34-31(38)26-12-8-9-13-27(26)32(34)39/h5-11,14-17,23,26-28H,4,12-13,18-21H2,1-3H3,(H,33,37)/t23?,26-,27+,28?. The number of amides is 4. The Hall–Kier alpha value is -3.74. The average Bonchev–Trinajstić information content (AvgIpc) is 3.19.